The van der Waals surface area contributed by atoms with Crippen molar-refractivity contribution in [3.63, 3.8) is 0 Å². The number of nitrogens with one attached hydrogen (secondary N) is 1. The maximum absolute atomic E-state index is 11.9. The average Bonchev–Trinajstić information content (AvgIpc) is 2.63. The fourth-order valence-corrected chi connectivity index (χ4v) is 2.01. The van der Waals surface area contributed by atoms with E-state index < -0.39 is 6.04 Å². The normalized spacial score (nSPS) is 13.8. The van der Waals surface area contributed by atoms with Crippen LogP contribution in [0.25, 0.3) is 0 Å². The van der Waals surface area contributed by atoms with Crippen molar-refractivity contribution in [1.29, 1.82) is 0 Å². The van der Waals surface area contributed by atoms with Crippen LogP contribution in [0.4, 0.5) is 5.13 Å². The van der Waals surface area contributed by atoms with Crippen LogP contribution in [0, 0.1) is 5.41 Å². The molecular formula is C12H21N3OS. The third-order valence-electron chi connectivity index (χ3n) is 2.54. The number of carbonyl (C=O) groups excluding carboxylic acids is 1. The summed E-state index contributed by atoms with van der Waals surface area (Å²) in [4.78, 5) is 17.2. The summed E-state index contributed by atoms with van der Waals surface area (Å²) >= 11 is 1.50. The van der Waals surface area contributed by atoms with Crippen molar-refractivity contribution in [2.24, 2.45) is 11.1 Å². The Morgan fingerprint density at radius 2 is 2.06 bits per heavy atom. The van der Waals surface area contributed by atoms with Crippen LogP contribution in [0.3, 0.4) is 0 Å². The predicted molar refractivity (Wildman–Crippen MR) is 72.3 cm³/mol. The van der Waals surface area contributed by atoms with Gasteiger partial charge in [-0.2, -0.15) is 0 Å². The van der Waals surface area contributed by atoms with E-state index in [1.807, 2.05) is 20.8 Å². The summed E-state index contributed by atoms with van der Waals surface area (Å²) in [6.45, 7) is 10.0. The highest BCUT2D eigenvalue weighted by molar-refractivity contribution is 7.15. The number of hydrogen-bond donors (Lipinski definition) is 2. The number of hydrogen-bond acceptors (Lipinski definition) is 4. The van der Waals surface area contributed by atoms with E-state index in [9.17, 15) is 4.79 Å². The van der Waals surface area contributed by atoms with Gasteiger partial charge in [0.1, 0.15) is 0 Å². The molecule has 3 N–H and O–H groups in total. The first-order chi connectivity index (χ1) is 7.71. The van der Waals surface area contributed by atoms with Gasteiger partial charge < -0.3 is 11.1 Å². The van der Waals surface area contributed by atoms with Crippen LogP contribution in [0.5, 0.6) is 0 Å². The van der Waals surface area contributed by atoms with E-state index in [-0.39, 0.29) is 11.3 Å². The van der Waals surface area contributed by atoms with Crippen molar-refractivity contribution < 1.29 is 4.79 Å². The van der Waals surface area contributed by atoms with Gasteiger partial charge in [0.2, 0.25) is 5.91 Å². The lowest BCUT2D eigenvalue weighted by Gasteiger charge is -2.25. The van der Waals surface area contributed by atoms with Crippen LogP contribution in [0.15, 0.2) is 6.20 Å². The van der Waals surface area contributed by atoms with Gasteiger partial charge in [-0.1, -0.05) is 34.6 Å². The summed E-state index contributed by atoms with van der Waals surface area (Å²) in [5.41, 5.74) is 5.63. The van der Waals surface area contributed by atoms with E-state index in [2.05, 4.69) is 24.1 Å². The van der Waals surface area contributed by atoms with Crippen LogP contribution in [0.1, 0.15) is 45.4 Å². The molecule has 0 aliphatic heterocycles. The van der Waals surface area contributed by atoms with Crippen molar-refractivity contribution in [3.05, 3.63) is 11.1 Å². The van der Waals surface area contributed by atoms with Gasteiger partial charge in [-0.15, -0.1) is 11.3 Å². The van der Waals surface area contributed by atoms with Gasteiger partial charge in [-0.3, -0.25) is 4.79 Å². The standard InChI is InChI=1S/C12H21N3OS/c1-7(2)8-6-14-11(17-8)15-10(16)9(13)12(3,4)5/h6-7,9H,13H2,1-5H3,(H,14,15,16)/t9-/m1/s1. The van der Waals surface area contributed by atoms with E-state index in [1.54, 1.807) is 6.20 Å². The SMILES string of the molecule is CC(C)c1cnc(NC(=O)[C@@H](N)C(C)(C)C)s1. The van der Waals surface area contributed by atoms with Crippen molar-refractivity contribution in [1.82, 2.24) is 4.98 Å². The molecule has 0 bridgehead atoms. The number of nitrogens with zero attached hydrogens (tertiary/aromatic N) is 1. The Morgan fingerprint density at radius 3 is 2.47 bits per heavy atom. The largest absolute Gasteiger partial charge is 0.319 e. The molecule has 17 heavy (non-hydrogen) atoms. The fourth-order valence-electron chi connectivity index (χ4n) is 1.19. The molecule has 1 heterocycles. The van der Waals surface area contributed by atoms with Crippen LogP contribution >= 0.6 is 11.3 Å². The third kappa shape index (κ3) is 3.78. The minimum Gasteiger partial charge on any atom is -0.319 e. The molecule has 0 fully saturated rings. The van der Waals surface area contributed by atoms with Gasteiger partial charge in [0.15, 0.2) is 5.13 Å². The van der Waals surface area contributed by atoms with Crippen molar-refractivity contribution >= 4 is 22.4 Å². The van der Waals surface area contributed by atoms with Crippen LogP contribution < -0.4 is 11.1 Å². The molecule has 96 valence electrons. The van der Waals surface area contributed by atoms with Gasteiger partial charge in [-0.05, 0) is 11.3 Å². The highest BCUT2D eigenvalue weighted by Gasteiger charge is 2.27. The van der Waals surface area contributed by atoms with Gasteiger partial charge in [-0.25, -0.2) is 4.98 Å². The summed E-state index contributed by atoms with van der Waals surface area (Å²) in [6, 6.07) is -0.533. The number of rotatable bonds is 3. The van der Waals surface area contributed by atoms with Gasteiger partial charge in [0.25, 0.3) is 0 Å². The Bertz CT molecular complexity index is 393. The number of aromatic nitrogens is 1. The first-order valence-corrected chi connectivity index (χ1v) is 6.55. The summed E-state index contributed by atoms with van der Waals surface area (Å²) in [5.74, 6) is 0.247. The lowest BCUT2D eigenvalue weighted by atomic mass is 9.87. The lowest BCUT2D eigenvalue weighted by Crippen LogP contribution is -2.45. The predicted octanol–water partition coefficient (Wildman–Crippen LogP) is 2.58. The van der Waals surface area contributed by atoms with Gasteiger partial charge >= 0.3 is 0 Å². The smallest absolute Gasteiger partial charge is 0.243 e. The highest BCUT2D eigenvalue weighted by atomic mass is 32.1. The molecule has 5 heteroatoms. The second-order valence-electron chi connectivity index (χ2n) is 5.56. The molecule has 1 aromatic rings. The molecule has 0 saturated carbocycles. The monoisotopic (exact) mass is 255 g/mol. The summed E-state index contributed by atoms with van der Waals surface area (Å²) in [6.07, 6.45) is 1.80. The number of amides is 1. The maximum atomic E-state index is 11.9. The quantitative estimate of drug-likeness (QED) is 0.872. The molecular weight excluding hydrogens is 234 g/mol. The second kappa shape index (κ2) is 5.14. The number of thiazole rings is 1. The van der Waals surface area contributed by atoms with E-state index >= 15 is 0 Å². The molecule has 1 rings (SSSR count). The average molecular weight is 255 g/mol. The fraction of sp³-hybridized carbons (Fsp3) is 0.667. The van der Waals surface area contributed by atoms with Crippen molar-refractivity contribution in [2.75, 3.05) is 5.32 Å². The van der Waals surface area contributed by atoms with Crippen molar-refractivity contribution in [3.8, 4) is 0 Å². The first kappa shape index (κ1) is 14.1. The molecule has 0 radical (unpaired) electrons. The molecule has 0 aliphatic rings. The third-order valence-corrected chi connectivity index (χ3v) is 3.75. The Hall–Kier alpha value is -0.940. The molecule has 1 aromatic heterocycles. The first-order valence-electron chi connectivity index (χ1n) is 5.74. The van der Waals surface area contributed by atoms with Crippen LogP contribution in [-0.4, -0.2) is 16.9 Å². The lowest BCUT2D eigenvalue weighted by molar-refractivity contribution is -0.119. The molecule has 1 amide bonds. The topological polar surface area (TPSA) is 68.0 Å². The highest BCUT2D eigenvalue weighted by Crippen LogP contribution is 2.26. The van der Waals surface area contributed by atoms with Crippen molar-refractivity contribution in [2.45, 2.75) is 46.6 Å². The molecule has 0 aliphatic carbocycles. The minimum absolute atomic E-state index is 0.179. The Morgan fingerprint density at radius 1 is 1.47 bits per heavy atom. The second-order valence-corrected chi connectivity index (χ2v) is 6.62. The number of nitrogens with two attached hydrogens (primary N) is 1. The summed E-state index contributed by atoms with van der Waals surface area (Å²) in [5, 5.41) is 3.39. The molecule has 4 nitrogen and oxygen atoms in total. The van der Waals surface area contributed by atoms with E-state index in [0.717, 1.165) is 4.88 Å². The van der Waals surface area contributed by atoms with E-state index in [0.29, 0.717) is 11.0 Å². The number of carbonyl (C=O) groups is 1. The molecule has 1 atom stereocenters. The number of anilines is 1. The zero-order valence-corrected chi connectivity index (χ0v) is 11.9. The van der Waals surface area contributed by atoms with Crippen LogP contribution in [0.2, 0.25) is 0 Å². The molecule has 0 unspecified atom stereocenters. The summed E-state index contributed by atoms with van der Waals surface area (Å²) < 4.78 is 0. The molecule has 0 aromatic carbocycles. The van der Waals surface area contributed by atoms with Crippen LogP contribution in [-0.2, 0) is 4.79 Å². The van der Waals surface area contributed by atoms with Gasteiger partial charge in [0, 0.05) is 11.1 Å². The van der Waals surface area contributed by atoms with E-state index in [4.69, 9.17) is 5.73 Å². The summed E-state index contributed by atoms with van der Waals surface area (Å²) in [7, 11) is 0. The van der Waals surface area contributed by atoms with E-state index in [1.165, 1.54) is 11.3 Å². The maximum Gasteiger partial charge on any atom is 0.243 e. The zero-order chi connectivity index (χ0) is 13.2. The Balaban J connectivity index is 2.68. The van der Waals surface area contributed by atoms with Gasteiger partial charge in [0.05, 0.1) is 6.04 Å². The molecule has 0 saturated heterocycles. The Kier molecular flexibility index (Phi) is 4.27. The minimum atomic E-state index is -0.533. The Labute approximate surface area is 107 Å². The zero-order valence-electron chi connectivity index (χ0n) is 11.1. The molecule has 0 spiro atoms.